The van der Waals surface area contributed by atoms with Gasteiger partial charge in [-0.2, -0.15) is 0 Å². The highest BCUT2D eigenvalue weighted by Gasteiger charge is 2.18. The Hall–Kier alpha value is -1.62. The molecule has 0 bridgehead atoms. The first-order valence-electron chi connectivity index (χ1n) is 6.82. The molecule has 0 aliphatic heterocycles. The van der Waals surface area contributed by atoms with Crippen LogP contribution in [-0.2, 0) is 4.79 Å². The molecule has 1 aromatic carbocycles. The van der Waals surface area contributed by atoms with Gasteiger partial charge in [0, 0.05) is 18.8 Å². The fourth-order valence-electron chi connectivity index (χ4n) is 1.68. The number of hydrogen-bond acceptors (Lipinski definition) is 3. The van der Waals surface area contributed by atoms with Crippen LogP contribution in [0.5, 0.6) is 0 Å². The van der Waals surface area contributed by atoms with Crippen molar-refractivity contribution in [2.45, 2.75) is 39.8 Å². The number of carbonyl (C=O) groups is 1. The van der Waals surface area contributed by atoms with Crippen molar-refractivity contribution in [3.05, 3.63) is 24.0 Å². The summed E-state index contributed by atoms with van der Waals surface area (Å²) >= 11 is 0. The number of halogens is 1. The van der Waals surface area contributed by atoms with Gasteiger partial charge in [0.05, 0.1) is 11.7 Å². The standard InChI is InChI=1S/C15H24FN3O/c1-9(2)14(17)15(20)18-11-6-7-13(12(16)8-11)19(5)10(3)4/h6-10,14H,17H2,1-5H3,(H,18,20)/t14-/m1/s1. The SMILES string of the molecule is CC(C)[C@@H](N)C(=O)Nc1ccc(N(C)C(C)C)c(F)c1. The lowest BCUT2D eigenvalue weighted by Crippen LogP contribution is -2.39. The first-order chi connectivity index (χ1) is 9.23. The molecule has 0 saturated carbocycles. The van der Waals surface area contributed by atoms with Gasteiger partial charge >= 0.3 is 0 Å². The van der Waals surface area contributed by atoms with E-state index in [1.54, 1.807) is 12.1 Å². The zero-order valence-corrected chi connectivity index (χ0v) is 12.8. The molecule has 0 spiro atoms. The maximum absolute atomic E-state index is 14.0. The Balaban J connectivity index is 2.85. The van der Waals surface area contributed by atoms with E-state index in [-0.39, 0.29) is 23.7 Å². The third-order valence-electron chi connectivity index (χ3n) is 3.39. The van der Waals surface area contributed by atoms with Gasteiger partial charge in [0.25, 0.3) is 0 Å². The molecule has 0 radical (unpaired) electrons. The molecule has 1 amide bonds. The molecule has 0 aliphatic carbocycles. The van der Waals surface area contributed by atoms with E-state index < -0.39 is 6.04 Å². The highest BCUT2D eigenvalue weighted by molar-refractivity contribution is 5.95. The van der Waals surface area contributed by atoms with Crippen LogP contribution in [0.4, 0.5) is 15.8 Å². The normalized spacial score (nSPS) is 12.7. The number of nitrogens with two attached hydrogens (primary N) is 1. The van der Waals surface area contributed by atoms with Crippen molar-refractivity contribution in [2.24, 2.45) is 11.7 Å². The molecule has 0 heterocycles. The van der Waals surface area contributed by atoms with Crippen molar-refractivity contribution in [3.8, 4) is 0 Å². The van der Waals surface area contributed by atoms with Crippen LogP contribution in [0.1, 0.15) is 27.7 Å². The van der Waals surface area contributed by atoms with Crippen LogP contribution >= 0.6 is 0 Å². The molecule has 0 saturated heterocycles. The second-order valence-corrected chi connectivity index (χ2v) is 5.63. The van der Waals surface area contributed by atoms with Gasteiger partial charge in [0.1, 0.15) is 5.82 Å². The Bertz CT molecular complexity index is 474. The lowest BCUT2D eigenvalue weighted by molar-refractivity contribution is -0.118. The third kappa shape index (κ3) is 3.93. The molecule has 112 valence electrons. The highest BCUT2D eigenvalue weighted by atomic mass is 19.1. The fourth-order valence-corrected chi connectivity index (χ4v) is 1.68. The van der Waals surface area contributed by atoms with Crippen LogP contribution in [-0.4, -0.2) is 25.0 Å². The topological polar surface area (TPSA) is 58.4 Å². The van der Waals surface area contributed by atoms with Crippen molar-refractivity contribution in [3.63, 3.8) is 0 Å². The molecular weight excluding hydrogens is 257 g/mol. The second kappa shape index (κ2) is 6.70. The molecule has 1 aromatic rings. The summed E-state index contributed by atoms with van der Waals surface area (Å²) in [6.07, 6.45) is 0. The van der Waals surface area contributed by atoms with Crippen LogP contribution in [0, 0.1) is 11.7 Å². The number of nitrogens with zero attached hydrogens (tertiary/aromatic N) is 1. The summed E-state index contributed by atoms with van der Waals surface area (Å²) in [4.78, 5) is 13.7. The molecule has 0 aromatic heterocycles. The summed E-state index contributed by atoms with van der Waals surface area (Å²) in [5, 5.41) is 2.64. The molecule has 0 fully saturated rings. The summed E-state index contributed by atoms with van der Waals surface area (Å²) < 4.78 is 14.0. The van der Waals surface area contributed by atoms with Crippen molar-refractivity contribution >= 4 is 17.3 Å². The van der Waals surface area contributed by atoms with E-state index >= 15 is 0 Å². The van der Waals surface area contributed by atoms with Crippen molar-refractivity contribution in [1.29, 1.82) is 0 Å². The number of carbonyl (C=O) groups excluding carboxylic acids is 1. The average Bonchev–Trinajstić information content (AvgIpc) is 2.36. The summed E-state index contributed by atoms with van der Waals surface area (Å²) in [6.45, 7) is 7.70. The minimum absolute atomic E-state index is 0.0335. The van der Waals surface area contributed by atoms with Crippen LogP contribution in [0.3, 0.4) is 0 Å². The Morgan fingerprint density at radius 1 is 1.30 bits per heavy atom. The first kappa shape index (κ1) is 16.4. The quantitative estimate of drug-likeness (QED) is 0.872. The van der Waals surface area contributed by atoms with E-state index in [0.29, 0.717) is 11.4 Å². The predicted molar refractivity (Wildman–Crippen MR) is 81.4 cm³/mol. The van der Waals surface area contributed by atoms with Gasteiger partial charge in [0.2, 0.25) is 5.91 Å². The number of amides is 1. The molecule has 0 unspecified atom stereocenters. The smallest absolute Gasteiger partial charge is 0.241 e. The molecular formula is C15H24FN3O. The average molecular weight is 281 g/mol. The van der Waals surface area contributed by atoms with E-state index in [4.69, 9.17) is 5.73 Å². The Morgan fingerprint density at radius 2 is 1.90 bits per heavy atom. The van der Waals surface area contributed by atoms with Crippen LogP contribution in [0.15, 0.2) is 18.2 Å². The summed E-state index contributed by atoms with van der Waals surface area (Å²) in [6, 6.07) is 4.25. The maximum Gasteiger partial charge on any atom is 0.241 e. The molecule has 4 nitrogen and oxygen atoms in total. The van der Waals surface area contributed by atoms with Gasteiger partial charge < -0.3 is 16.0 Å². The zero-order chi connectivity index (χ0) is 15.4. The van der Waals surface area contributed by atoms with E-state index in [0.717, 1.165) is 0 Å². The zero-order valence-electron chi connectivity index (χ0n) is 12.8. The summed E-state index contributed by atoms with van der Waals surface area (Å²) in [7, 11) is 1.83. The van der Waals surface area contributed by atoms with E-state index in [1.165, 1.54) is 6.07 Å². The fraction of sp³-hybridized carbons (Fsp3) is 0.533. The molecule has 1 rings (SSSR count). The third-order valence-corrected chi connectivity index (χ3v) is 3.39. The molecule has 3 N–H and O–H groups in total. The van der Waals surface area contributed by atoms with E-state index in [1.807, 2.05) is 39.6 Å². The summed E-state index contributed by atoms with van der Waals surface area (Å²) in [5.41, 5.74) is 6.68. The van der Waals surface area contributed by atoms with Gasteiger partial charge in [-0.25, -0.2) is 4.39 Å². The minimum atomic E-state index is -0.601. The van der Waals surface area contributed by atoms with Crippen molar-refractivity contribution in [2.75, 3.05) is 17.3 Å². The number of rotatable bonds is 5. The lowest BCUT2D eigenvalue weighted by Gasteiger charge is -2.24. The van der Waals surface area contributed by atoms with Gasteiger partial charge in [0.15, 0.2) is 0 Å². The van der Waals surface area contributed by atoms with Crippen LogP contribution in [0.2, 0.25) is 0 Å². The number of nitrogens with one attached hydrogen (secondary N) is 1. The number of hydrogen-bond donors (Lipinski definition) is 2. The number of benzene rings is 1. The lowest BCUT2D eigenvalue weighted by atomic mass is 10.0. The van der Waals surface area contributed by atoms with Gasteiger partial charge in [-0.05, 0) is 38.0 Å². The first-order valence-corrected chi connectivity index (χ1v) is 6.82. The Labute approximate surface area is 120 Å². The molecule has 1 atom stereocenters. The Morgan fingerprint density at radius 3 is 2.35 bits per heavy atom. The van der Waals surface area contributed by atoms with Gasteiger partial charge in [-0.3, -0.25) is 4.79 Å². The van der Waals surface area contributed by atoms with Crippen LogP contribution < -0.4 is 16.0 Å². The van der Waals surface area contributed by atoms with Crippen molar-refractivity contribution in [1.82, 2.24) is 0 Å². The second-order valence-electron chi connectivity index (χ2n) is 5.63. The van der Waals surface area contributed by atoms with Gasteiger partial charge in [-0.15, -0.1) is 0 Å². The number of anilines is 2. The minimum Gasteiger partial charge on any atom is -0.370 e. The molecule has 5 heteroatoms. The largest absolute Gasteiger partial charge is 0.370 e. The molecule has 20 heavy (non-hydrogen) atoms. The Kier molecular flexibility index (Phi) is 5.51. The van der Waals surface area contributed by atoms with Crippen LogP contribution in [0.25, 0.3) is 0 Å². The molecule has 0 aliphatic rings. The predicted octanol–water partition coefficient (Wildman–Crippen LogP) is 2.59. The summed E-state index contributed by atoms with van der Waals surface area (Å²) in [5.74, 6) is -0.632. The van der Waals surface area contributed by atoms with E-state index in [9.17, 15) is 9.18 Å². The van der Waals surface area contributed by atoms with E-state index in [2.05, 4.69) is 5.32 Å². The highest BCUT2D eigenvalue weighted by Crippen LogP contribution is 2.23. The van der Waals surface area contributed by atoms with Crippen molar-refractivity contribution < 1.29 is 9.18 Å². The maximum atomic E-state index is 14.0. The monoisotopic (exact) mass is 281 g/mol. The van der Waals surface area contributed by atoms with Gasteiger partial charge in [-0.1, -0.05) is 13.8 Å².